The predicted molar refractivity (Wildman–Crippen MR) is 76.7 cm³/mol. The number of halogens is 2. The molecule has 6 heteroatoms. The molecule has 104 valence electrons. The SMILES string of the molecule is CC1c2ccsc2CCN1C(=O)c1cc(F)cnc1Cl. The molecular formula is C14H12ClFN2OS. The lowest BCUT2D eigenvalue weighted by atomic mass is 10.0. The fraction of sp³-hybridized carbons (Fsp3) is 0.286. The summed E-state index contributed by atoms with van der Waals surface area (Å²) in [6.07, 6.45) is 1.83. The first kappa shape index (κ1) is 13.5. The monoisotopic (exact) mass is 310 g/mol. The Balaban J connectivity index is 1.94. The smallest absolute Gasteiger partial charge is 0.257 e. The molecule has 0 radical (unpaired) electrons. The number of fused-ring (bicyclic) bond motifs is 1. The van der Waals surface area contributed by atoms with Gasteiger partial charge in [0.25, 0.3) is 5.91 Å². The molecule has 0 spiro atoms. The van der Waals surface area contributed by atoms with Crippen molar-refractivity contribution in [2.75, 3.05) is 6.54 Å². The molecule has 0 aromatic carbocycles. The number of hydrogen-bond acceptors (Lipinski definition) is 3. The van der Waals surface area contributed by atoms with Gasteiger partial charge in [-0.2, -0.15) is 0 Å². The zero-order chi connectivity index (χ0) is 14.3. The third-order valence-corrected chi connectivity index (χ3v) is 4.87. The van der Waals surface area contributed by atoms with Crippen LogP contribution in [-0.2, 0) is 6.42 Å². The third-order valence-electron chi connectivity index (χ3n) is 3.57. The molecule has 0 fully saturated rings. The zero-order valence-corrected chi connectivity index (χ0v) is 12.3. The molecule has 1 aliphatic rings. The molecule has 0 aliphatic carbocycles. The van der Waals surface area contributed by atoms with Gasteiger partial charge in [0, 0.05) is 11.4 Å². The van der Waals surface area contributed by atoms with Gasteiger partial charge in [0.2, 0.25) is 0 Å². The minimum atomic E-state index is -0.557. The number of amides is 1. The van der Waals surface area contributed by atoms with E-state index in [4.69, 9.17) is 11.6 Å². The maximum Gasteiger partial charge on any atom is 0.257 e. The molecule has 0 N–H and O–H groups in total. The number of pyridine rings is 1. The molecular weight excluding hydrogens is 299 g/mol. The molecule has 1 amide bonds. The van der Waals surface area contributed by atoms with Crippen LogP contribution in [-0.4, -0.2) is 22.3 Å². The third kappa shape index (κ3) is 2.21. The van der Waals surface area contributed by atoms with Crippen LogP contribution in [0.1, 0.15) is 33.8 Å². The van der Waals surface area contributed by atoms with Crippen LogP contribution in [0.15, 0.2) is 23.7 Å². The van der Waals surface area contributed by atoms with Gasteiger partial charge in [-0.1, -0.05) is 11.6 Å². The van der Waals surface area contributed by atoms with Gasteiger partial charge < -0.3 is 4.90 Å². The number of thiophene rings is 1. The number of hydrogen-bond donors (Lipinski definition) is 0. The van der Waals surface area contributed by atoms with Crippen molar-refractivity contribution >= 4 is 28.8 Å². The van der Waals surface area contributed by atoms with Gasteiger partial charge in [0.05, 0.1) is 17.8 Å². The lowest BCUT2D eigenvalue weighted by Crippen LogP contribution is -2.38. The molecule has 0 saturated carbocycles. The Hall–Kier alpha value is -1.46. The Kier molecular flexibility index (Phi) is 3.48. The summed E-state index contributed by atoms with van der Waals surface area (Å²) < 4.78 is 13.3. The summed E-state index contributed by atoms with van der Waals surface area (Å²) >= 11 is 7.62. The van der Waals surface area contributed by atoms with Crippen LogP contribution in [0.5, 0.6) is 0 Å². The fourth-order valence-electron chi connectivity index (χ4n) is 2.51. The maximum atomic E-state index is 13.3. The van der Waals surface area contributed by atoms with Crippen molar-refractivity contribution in [1.82, 2.24) is 9.88 Å². The van der Waals surface area contributed by atoms with Crippen LogP contribution < -0.4 is 0 Å². The minimum absolute atomic E-state index is 0.0307. The van der Waals surface area contributed by atoms with Gasteiger partial charge in [-0.15, -0.1) is 11.3 Å². The van der Waals surface area contributed by atoms with E-state index in [0.29, 0.717) is 6.54 Å². The van der Waals surface area contributed by atoms with E-state index in [1.54, 1.807) is 16.2 Å². The van der Waals surface area contributed by atoms with Crippen molar-refractivity contribution in [3.8, 4) is 0 Å². The highest BCUT2D eigenvalue weighted by molar-refractivity contribution is 7.10. The molecule has 0 bridgehead atoms. The molecule has 1 atom stereocenters. The largest absolute Gasteiger partial charge is 0.331 e. The van der Waals surface area contributed by atoms with Gasteiger partial charge in [0.1, 0.15) is 11.0 Å². The standard InChI is InChI=1S/C14H12ClFN2OS/c1-8-10-3-5-20-12(10)2-4-18(8)14(19)11-6-9(16)7-17-13(11)15/h3,5-8H,2,4H2,1H3. The van der Waals surface area contributed by atoms with Crippen molar-refractivity contribution in [3.63, 3.8) is 0 Å². The van der Waals surface area contributed by atoms with Crippen molar-refractivity contribution in [2.24, 2.45) is 0 Å². The molecule has 3 rings (SSSR count). The predicted octanol–water partition coefficient (Wildman–Crippen LogP) is 3.70. The average molecular weight is 311 g/mol. The molecule has 20 heavy (non-hydrogen) atoms. The molecule has 1 aliphatic heterocycles. The molecule has 2 aromatic rings. The number of carbonyl (C=O) groups excluding carboxylic acids is 1. The second-order valence-corrected chi connectivity index (χ2v) is 6.07. The number of rotatable bonds is 1. The van der Waals surface area contributed by atoms with Gasteiger partial charge in [-0.05, 0) is 36.4 Å². The van der Waals surface area contributed by atoms with E-state index in [0.717, 1.165) is 24.2 Å². The zero-order valence-electron chi connectivity index (χ0n) is 10.8. The van der Waals surface area contributed by atoms with E-state index in [-0.39, 0.29) is 22.7 Å². The quantitative estimate of drug-likeness (QED) is 0.753. The molecule has 1 unspecified atom stereocenters. The van der Waals surface area contributed by atoms with E-state index in [1.165, 1.54) is 4.88 Å². The second kappa shape index (κ2) is 5.14. The van der Waals surface area contributed by atoms with Crippen LogP contribution in [0.25, 0.3) is 0 Å². The summed E-state index contributed by atoms with van der Waals surface area (Å²) in [4.78, 5) is 19.3. The van der Waals surface area contributed by atoms with E-state index in [2.05, 4.69) is 4.98 Å². The van der Waals surface area contributed by atoms with Gasteiger partial charge in [0.15, 0.2) is 0 Å². The lowest BCUT2D eigenvalue weighted by molar-refractivity contribution is 0.0678. The number of nitrogens with zero attached hydrogens (tertiary/aromatic N) is 2. The van der Waals surface area contributed by atoms with Crippen LogP contribution in [0.4, 0.5) is 4.39 Å². The average Bonchev–Trinajstić information content (AvgIpc) is 2.90. The van der Waals surface area contributed by atoms with Crippen LogP contribution in [0.3, 0.4) is 0 Å². The highest BCUT2D eigenvalue weighted by Crippen LogP contribution is 2.34. The Morgan fingerprint density at radius 2 is 2.40 bits per heavy atom. The van der Waals surface area contributed by atoms with Crippen molar-refractivity contribution < 1.29 is 9.18 Å². The van der Waals surface area contributed by atoms with Crippen LogP contribution in [0.2, 0.25) is 5.15 Å². The van der Waals surface area contributed by atoms with E-state index >= 15 is 0 Å². The first-order valence-electron chi connectivity index (χ1n) is 6.26. The Morgan fingerprint density at radius 3 is 3.20 bits per heavy atom. The molecule has 3 nitrogen and oxygen atoms in total. The van der Waals surface area contributed by atoms with E-state index in [9.17, 15) is 9.18 Å². The van der Waals surface area contributed by atoms with Gasteiger partial charge in [-0.3, -0.25) is 4.79 Å². The Bertz CT molecular complexity index is 673. The van der Waals surface area contributed by atoms with Crippen LogP contribution >= 0.6 is 22.9 Å². The van der Waals surface area contributed by atoms with Crippen molar-refractivity contribution in [3.05, 3.63) is 50.7 Å². The maximum absolute atomic E-state index is 13.3. The fourth-order valence-corrected chi connectivity index (χ4v) is 3.66. The van der Waals surface area contributed by atoms with E-state index < -0.39 is 5.82 Å². The summed E-state index contributed by atoms with van der Waals surface area (Å²) in [5, 5.41) is 2.07. The first-order chi connectivity index (χ1) is 9.58. The summed E-state index contributed by atoms with van der Waals surface area (Å²) in [7, 11) is 0. The van der Waals surface area contributed by atoms with Crippen molar-refractivity contribution in [1.29, 1.82) is 0 Å². The normalized spacial score (nSPS) is 17.9. The summed E-state index contributed by atoms with van der Waals surface area (Å²) in [6.45, 7) is 2.59. The lowest BCUT2D eigenvalue weighted by Gasteiger charge is -2.33. The molecule has 2 aromatic heterocycles. The highest BCUT2D eigenvalue weighted by Gasteiger charge is 2.30. The highest BCUT2D eigenvalue weighted by atomic mass is 35.5. The first-order valence-corrected chi connectivity index (χ1v) is 7.52. The number of carbonyl (C=O) groups is 1. The van der Waals surface area contributed by atoms with Gasteiger partial charge >= 0.3 is 0 Å². The summed E-state index contributed by atoms with van der Waals surface area (Å²) in [5.74, 6) is -0.829. The molecule has 3 heterocycles. The van der Waals surface area contributed by atoms with Crippen molar-refractivity contribution in [2.45, 2.75) is 19.4 Å². The number of aromatic nitrogens is 1. The topological polar surface area (TPSA) is 33.2 Å². The van der Waals surface area contributed by atoms with Gasteiger partial charge in [-0.25, -0.2) is 9.37 Å². The van der Waals surface area contributed by atoms with Crippen LogP contribution in [0, 0.1) is 5.82 Å². The Labute approximate surface area is 125 Å². The molecule has 0 saturated heterocycles. The van der Waals surface area contributed by atoms with E-state index in [1.807, 2.05) is 18.4 Å². The summed E-state index contributed by atoms with van der Waals surface area (Å²) in [6, 6.07) is 3.15. The summed E-state index contributed by atoms with van der Waals surface area (Å²) in [5.41, 5.74) is 1.28. The second-order valence-electron chi connectivity index (χ2n) is 4.72. The minimum Gasteiger partial charge on any atom is -0.331 e. The Morgan fingerprint density at radius 1 is 1.60 bits per heavy atom.